The zero-order valence-electron chi connectivity index (χ0n) is 14.2. The molecule has 5 rings (SSSR count). The molecule has 2 aliphatic heterocycles. The van der Waals surface area contributed by atoms with Gasteiger partial charge in [0, 0.05) is 12.1 Å². The van der Waals surface area contributed by atoms with E-state index < -0.39 is 0 Å². The molecule has 0 bridgehead atoms. The van der Waals surface area contributed by atoms with Gasteiger partial charge in [0.1, 0.15) is 17.4 Å². The van der Waals surface area contributed by atoms with Crippen LogP contribution in [0.5, 0.6) is 5.75 Å². The molecule has 3 heterocycles. The monoisotopic (exact) mass is 362 g/mol. The first kappa shape index (κ1) is 15.6. The van der Waals surface area contributed by atoms with Crippen LogP contribution in [0.3, 0.4) is 0 Å². The largest absolute Gasteiger partial charge is 0.488 e. The summed E-state index contributed by atoms with van der Waals surface area (Å²) in [6.45, 7) is 1.11. The van der Waals surface area contributed by atoms with Gasteiger partial charge in [-0.25, -0.2) is 4.98 Å². The minimum atomic E-state index is 0.0676. The molecule has 1 amide bonds. The number of amides is 1. The summed E-state index contributed by atoms with van der Waals surface area (Å²) in [5, 5.41) is 1.04. The maximum absolute atomic E-state index is 13.2. The smallest absolute Gasteiger partial charge is 0.253 e. The molecule has 4 nitrogen and oxygen atoms in total. The van der Waals surface area contributed by atoms with Crippen LogP contribution in [0, 0.1) is 0 Å². The van der Waals surface area contributed by atoms with E-state index in [4.69, 9.17) is 9.72 Å². The molecular weight excluding hydrogens is 344 g/mol. The van der Waals surface area contributed by atoms with Crippen molar-refractivity contribution < 1.29 is 9.53 Å². The van der Waals surface area contributed by atoms with E-state index in [2.05, 4.69) is 6.07 Å². The number of ether oxygens (including phenoxy) is 1. The van der Waals surface area contributed by atoms with Crippen molar-refractivity contribution in [3.8, 4) is 5.75 Å². The Morgan fingerprint density at radius 3 is 2.92 bits per heavy atom. The van der Waals surface area contributed by atoms with Gasteiger partial charge in [-0.2, -0.15) is 0 Å². The van der Waals surface area contributed by atoms with Gasteiger partial charge in [-0.3, -0.25) is 4.79 Å². The highest BCUT2D eigenvalue weighted by atomic mass is 32.1. The lowest BCUT2D eigenvalue weighted by atomic mass is 10.1. The standard InChI is InChI=1S/C21H18N2O2S/c24-21(15-12-14-6-1-3-9-18(14)25-13-15)23-11-5-8-17(23)20-22-16-7-2-4-10-19(16)26-20/h1-4,6-7,9-10,12,17H,5,8,11,13H2/t17-/m1/s1. The third kappa shape index (κ3) is 2.59. The number of thiazole rings is 1. The summed E-state index contributed by atoms with van der Waals surface area (Å²) in [5.74, 6) is 0.912. The fraction of sp³-hybridized carbons (Fsp3) is 0.238. The van der Waals surface area contributed by atoms with E-state index in [-0.39, 0.29) is 11.9 Å². The van der Waals surface area contributed by atoms with E-state index in [0.29, 0.717) is 6.61 Å². The zero-order chi connectivity index (χ0) is 17.5. The molecule has 0 aliphatic carbocycles. The first-order valence-electron chi connectivity index (χ1n) is 8.88. The molecule has 2 aliphatic rings. The van der Waals surface area contributed by atoms with Crippen molar-refractivity contribution >= 4 is 33.5 Å². The van der Waals surface area contributed by atoms with Crippen molar-refractivity contribution in [1.29, 1.82) is 0 Å². The Morgan fingerprint density at radius 2 is 2.00 bits per heavy atom. The Hall–Kier alpha value is -2.66. The van der Waals surface area contributed by atoms with E-state index in [1.165, 1.54) is 4.70 Å². The van der Waals surface area contributed by atoms with Gasteiger partial charge in [-0.15, -0.1) is 11.3 Å². The van der Waals surface area contributed by atoms with Crippen LogP contribution in [0.25, 0.3) is 16.3 Å². The van der Waals surface area contributed by atoms with Gasteiger partial charge in [0.2, 0.25) is 0 Å². The third-order valence-electron chi connectivity index (χ3n) is 5.02. The molecule has 0 unspecified atom stereocenters. The molecule has 3 aromatic rings. The second kappa shape index (κ2) is 6.25. The van der Waals surface area contributed by atoms with Crippen LogP contribution < -0.4 is 4.74 Å². The molecule has 0 spiro atoms. The summed E-state index contributed by atoms with van der Waals surface area (Å²) in [4.78, 5) is 19.9. The molecule has 1 atom stereocenters. The van der Waals surface area contributed by atoms with Gasteiger partial charge < -0.3 is 9.64 Å². The molecule has 1 saturated heterocycles. The van der Waals surface area contributed by atoms with Gasteiger partial charge in [-0.05, 0) is 37.1 Å². The van der Waals surface area contributed by atoms with Gasteiger partial charge in [0.25, 0.3) is 5.91 Å². The van der Waals surface area contributed by atoms with E-state index in [1.807, 2.05) is 53.4 Å². The lowest BCUT2D eigenvalue weighted by molar-refractivity contribution is -0.128. The Balaban J connectivity index is 1.45. The van der Waals surface area contributed by atoms with E-state index in [9.17, 15) is 4.79 Å². The summed E-state index contributed by atoms with van der Waals surface area (Å²) in [6.07, 6.45) is 3.95. The number of hydrogen-bond acceptors (Lipinski definition) is 4. The van der Waals surface area contributed by atoms with Crippen LogP contribution in [0.1, 0.15) is 29.5 Å². The highest BCUT2D eigenvalue weighted by molar-refractivity contribution is 7.18. The van der Waals surface area contributed by atoms with Crippen LogP contribution in [-0.2, 0) is 4.79 Å². The number of nitrogens with zero attached hydrogens (tertiary/aromatic N) is 2. The Morgan fingerprint density at radius 1 is 1.15 bits per heavy atom. The summed E-state index contributed by atoms with van der Waals surface area (Å²) in [5.41, 5.74) is 2.70. The first-order chi connectivity index (χ1) is 12.8. The van der Waals surface area contributed by atoms with Crippen molar-refractivity contribution in [3.05, 3.63) is 64.7 Å². The van der Waals surface area contributed by atoms with Gasteiger partial charge in [0.15, 0.2) is 0 Å². The van der Waals surface area contributed by atoms with Gasteiger partial charge in [-0.1, -0.05) is 30.3 Å². The average Bonchev–Trinajstić information content (AvgIpc) is 3.33. The number of benzene rings is 2. The minimum absolute atomic E-state index is 0.0676. The summed E-state index contributed by atoms with van der Waals surface area (Å²) in [7, 11) is 0. The molecule has 5 heteroatoms. The number of carbonyl (C=O) groups is 1. The Kier molecular flexibility index (Phi) is 3.75. The molecule has 1 fully saturated rings. The van der Waals surface area contributed by atoms with Crippen LogP contribution in [0.15, 0.2) is 54.1 Å². The maximum atomic E-state index is 13.2. The van der Waals surface area contributed by atoms with Crippen molar-refractivity contribution in [2.24, 2.45) is 0 Å². The van der Waals surface area contributed by atoms with E-state index in [0.717, 1.165) is 46.8 Å². The van der Waals surface area contributed by atoms with Crippen molar-refractivity contribution in [1.82, 2.24) is 9.88 Å². The molecule has 0 saturated carbocycles. The van der Waals surface area contributed by atoms with Gasteiger partial charge >= 0.3 is 0 Å². The number of likely N-dealkylation sites (tertiary alicyclic amines) is 1. The number of carbonyl (C=O) groups excluding carboxylic acids is 1. The number of hydrogen-bond donors (Lipinski definition) is 0. The number of aromatic nitrogens is 1. The second-order valence-electron chi connectivity index (χ2n) is 6.67. The minimum Gasteiger partial charge on any atom is -0.488 e. The normalized spacial score (nSPS) is 19.2. The van der Waals surface area contributed by atoms with Crippen LogP contribution in [-0.4, -0.2) is 28.9 Å². The number of rotatable bonds is 2. The average molecular weight is 362 g/mol. The van der Waals surface area contributed by atoms with E-state index in [1.54, 1.807) is 11.3 Å². The SMILES string of the molecule is O=C(C1=Cc2ccccc2OC1)N1CCC[C@@H]1c1nc2ccccc2s1. The molecule has 26 heavy (non-hydrogen) atoms. The first-order valence-corrected chi connectivity index (χ1v) is 9.70. The fourth-order valence-electron chi connectivity index (χ4n) is 3.72. The summed E-state index contributed by atoms with van der Waals surface area (Å²) >= 11 is 1.70. The highest BCUT2D eigenvalue weighted by Crippen LogP contribution is 2.38. The predicted molar refractivity (Wildman–Crippen MR) is 103 cm³/mol. The van der Waals surface area contributed by atoms with Gasteiger partial charge in [0.05, 0.1) is 21.8 Å². The quantitative estimate of drug-likeness (QED) is 0.677. The topological polar surface area (TPSA) is 42.4 Å². The maximum Gasteiger partial charge on any atom is 0.253 e. The van der Waals surface area contributed by atoms with Crippen LogP contribution >= 0.6 is 11.3 Å². The second-order valence-corrected chi connectivity index (χ2v) is 7.73. The van der Waals surface area contributed by atoms with Crippen molar-refractivity contribution in [3.63, 3.8) is 0 Å². The fourth-order valence-corrected chi connectivity index (χ4v) is 4.84. The Labute approximate surface area is 155 Å². The molecule has 0 N–H and O–H groups in total. The molecule has 0 radical (unpaired) electrons. The molecule has 1 aromatic heterocycles. The van der Waals surface area contributed by atoms with E-state index >= 15 is 0 Å². The van der Waals surface area contributed by atoms with Crippen molar-refractivity contribution in [2.75, 3.05) is 13.2 Å². The molecule has 2 aromatic carbocycles. The molecular formula is C21H18N2O2S. The zero-order valence-corrected chi connectivity index (χ0v) is 15.0. The number of para-hydroxylation sites is 2. The Bertz CT molecular complexity index is 991. The van der Waals surface area contributed by atoms with Crippen LogP contribution in [0.2, 0.25) is 0 Å². The van der Waals surface area contributed by atoms with Crippen molar-refractivity contribution in [2.45, 2.75) is 18.9 Å². The summed E-state index contributed by atoms with van der Waals surface area (Å²) < 4.78 is 6.95. The third-order valence-corrected chi connectivity index (χ3v) is 6.15. The number of fused-ring (bicyclic) bond motifs is 2. The molecule has 130 valence electrons. The lowest BCUT2D eigenvalue weighted by Crippen LogP contribution is -2.33. The highest BCUT2D eigenvalue weighted by Gasteiger charge is 2.34. The summed E-state index contributed by atoms with van der Waals surface area (Å²) in [6, 6.07) is 16.1. The predicted octanol–water partition coefficient (Wildman–Crippen LogP) is 4.44. The van der Waals surface area contributed by atoms with Crippen LogP contribution in [0.4, 0.5) is 0 Å². The lowest BCUT2D eigenvalue weighted by Gasteiger charge is -2.26.